The van der Waals surface area contributed by atoms with Crippen LogP contribution in [0.5, 0.6) is 5.75 Å². The molecule has 0 fully saturated rings. The Morgan fingerprint density at radius 2 is 2.00 bits per heavy atom. The largest absolute Gasteiger partial charge is 0.497 e. The zero-order valence-electron chi connectivity index (χ0n) is 7.27. The molecule has 0 aliphatic heterocycles. The van der Waals surface area contributed by atoms with E-state index in [2.05, 4.69) is 0 Å². The molecule has 0 N–H and O–H groups in total. The number of hydrogen-bond acceptors (Lipinski definition) is 3. The summed E-state index contributed by atoms with van der Waals surface area (Å²) in [4.78, 5) is 20.9. The van der Waals surface area contributed by atoms with E-state index in [0.29, 0.717) is 23.9 Å². The average molecular weight is 178 g/mol. The second kappa shape index (κ2) is 4.40. The summed E-state index contributed by atoms with van der Waals surface area (Å²) in [5.74, 6) is -0.0405. The van der Waals surface area contributed by atoms with Gasteiger partial charge in [0.15, 0.2) is 0 Å². The van der Waals surface area contributed by atoms with E-state index in [1.807, 2.05) is 0 Å². The van der Waals surface area contributed by atoms with Crippen LogP contribution in [-0.2, 0) is 9.59 Å². The second-order valence-electron chi connectivity index (χ2n) is 2.57. The molecule has 3 heteroatoms. The van der Waals surface area contributed by atoms with Crippen LogP contribution in [0.2, 0.25) is 0 Å². The summed E-state index contributed by atoms with van der Waals surface area (Å²) in [6.07, 6.45) is 1.23. The van der Waals surface area contributed by atoms with Gasteiger partial charge in [0.25, 0.3) is 0 Å². The predicted molar refractivity (Wildman–Crippen MR) is 47.9 cm³/mol. The molecule has 1 rings (SSSR count). The predicted octanol–water partition coefficient (Wildman–Crippen LogP) is 1.18. The molecule has 0 saturated heterocycles. The first-order valence-electron chi connectivity index (χ1n) is 3.86. The minimum atomic E-state index is -0.685. The molecule has 0 amide bonds. The smallest absolute Gasteiger partial charge is 0.134 e. The van der Waals surface area contributed by atoms with Crippen molar-refractivity contribution < 1.29 is 14.3 Å². The van der Waals surface area contributed by atoms with Crippen LogP contribution in [0.25, 0.3) is 0 Å². The number of hydrogen-bond donors (Lipinski definition) is 0. The summed E-state index contributed by atoms with van der Waals surface area (Å²) >= 11 is 0. The van der Waals surface area contributed by atoms with Gasteiger partial charge in [-0.15, -0.1) is 0 Å². The standard InChI is InChI=1S/C10H10O3/c1-13-10-4-2-3-8(5-10)9(6-11)7-12/h2-7,9H,1H3. The minimum Gasteiger partial charge on any atom is -0.497 e. The van der Waals surface area contributed by atoms with Gasteiger partial charge in [-0.1, -0.05) is 12.1 Å². The molecule has 1 aromatic carbocycles. The highest BCUT2D eigenvalue weighted by Gasteiger charge is 2.08. The van der Waals surface area contributed by atoms with Gasteiger partial charge < -0.3 is 14.3 Å². The van der Waals surface area contributed by atoms with Crippen molar-refractivity contribution in [3.63, 3.8) is 0 Å². The molecule has 3 nitrogen and oxygen atoms in total. The number of rotatable bonds is 4. The number of benzene rings is 1. The van der Waals surface area contributed by atoms with Gasteiger partial charge in [0.2, 0.25) is 0 Å². The van der Waals surface area contributed by atoms with Gasteiger partial charge in [-0.3, -0.25) is 0 Å². The van der Waals surface area contributed by atoms with E-state index in [-0.39, 0.29) is 0 Å². The Balaban J connectivity index is 2.99. The monoisotopic (exact) mass is 178 g/mol. The Morgan fingerprint density at radius 3 is 2.54 bits per heavy atom. The molecule has 0 bridgehead atoms. The third-order valence-corrected chi connectivity index (χ3v) is 1.77. The summed E-state index contributed by atoms with van der Waals surface area (Å²) < 4.78 is 4.96. The number of ether oxygens (including phenoxy) is 1. The molecule has 13 heavy (non-hydrogen) atoms. The van der Waals surface area contributed by atoms with E-state index in [9.17, 15) is 9.59 Å². The lowest BCUT2D eigenvalue weighted by molar-refractivity contribution is -0.116. The fourth-order valence-electron chi connectivity index (χ4n) is 1.04. The van der Waals surface area contributed by atoms with E-state index in [4.69, 9.17) is 4.74 Å². The lowest BCUT2D eigenvalue weighted by Gasteiger charge is -2.04. The van der Waals surface area contributed by atoms with E-state index in [1.54, 1.807) is 24.3 Å². The maximum atomic E-state index is 10.5. The highest BCUT2D eigenvalue weighted by atomic mass is 16.5. The van der Waals surface area contributed by atoms with E-state index in [0.717, 1.165) is 0 Å². The molecule has 0 spiro atoms. The average Bonchev–Trinajstić information content (AvgIpc) is 2.20. The van der Waals surface area contributed by atoms with Crippen molar-refractivity contribution in [2.45, 2.75) is 5.92 Å². The Labute approximate surface area is 76.3 Å². The quantitative estimate of drug-likeness (QED) is 0.513. The Morgan fingerprint density at radius 1 is 1.31 bits per heavy atom. The van der Waals surface area contributed by atoms with Crippen molar-refractivity contribution in [1.29, 1.82) is 0 Å². The second-order valence-corrected chi connectivity index (χ2v) is 2.57. The number of carbonyl (C=O) groups is 2. The fraction of sp³-hybridized carbons (Fsp3) is 0.200. The first kappa shape index (κ1) is 9.45. The first-order chi connectivity index (χ1) is 6.31. The third-order valence-electron chi connectivity index (χ3n) is 1.77. The maximum absolute atomic E-state index is 10.5. The van der Waals surface area contributed by atoms with Gasteiger partial charge in [-0.05, 0) is 17.7 Å². The van der Waals surface area contributed by atoms with Crippen LogP contribution in [0.4, 0.5) is 0 Å². The van der Waals surface area contributed by atoms with Crippen molar-refractivity contribution in [1.82, 2.24) is 0 Å². The van der Waals surface area contributed by atoms with Gasteiger partial charge in [0, 0.05) is 0 Å². The van der Waals surface area contributed by atoms with Crippen LogP contribution in [0.15, 0.2) is 24.3 Å². The van der Waals surface area contributed by atoms with Gasteiger partial charge in [-0.25, -0.2) is 0 Å². The fourth-order valence-corrected chi connectivity index (χ4v) is 1.04. The van der Waals surface area contributed by atoms with Crippen LogP contribution in [-0.4, -0.2) is 19.7 Å². The van der Waals surface area contributed by atoms with Crippen molar-refractivity contribution >= 4 is 12.6 Å². The highest BCUT2D eigenvalue weighted by molar-refractivity contribution is 5.85. The van der Waals surface area contributed by atoms with Gasteiger partial charge in [-0.2, -0.15) is 0 Å². The van der Waals surface area contributed by atoms with Crippen LogP contribution >= 0.6 is 0 Å². The van der Waals surface area contributed by atoms with Crippen LogP contribution in [0.1, 0.15) is 11.5 Å². The Kier molecular flexibility index (Phi) is 3.20. The zero-order chi connectivity index (χ0) is 9.68. The molecule has 0 unspecified atom stereocenters. The molecule has 0 aliphatic carbocycles. The molecule has 0 heterocycles. The molecule has 68 valence electrons. The zero-order valence-corrected chi connectivity index (χ0v) is 7.27. The molecule has 1 aromatic rings. The normalized spacial score (nSPS) is 9.69. The number of carbonyl (C=O) groups excluding carboxylic acids is 2. The highest BCUT2D eigenvalue weighted by Crippen LogP contribution is 2.17. The summed E-state index contributed by atoms with van der Waals surface area (Å²) in [5.41, 5.74) is 0.657. The lowest BCUT2D eigenvalue weighted by atomic mass is 10.0. The molecular formula is C10H10O3. The number of aldehydes is 2. The molecule has 0 aromatic heterocycles. The first-order valence-corrected chi connectivity index (χ1v) is 3.86. The summed E-state index contributed by atoms with van der Waals surface area (Å²) in [6, 6.07) is 6.90. The Bertz CT molecular complexity index is 299. The third kappa shape index (κ3) is 2.15. The van der Waals surface area contributed by atoms with Gasteiger partial charge >= 0.3 is 0 Å². The van der Waals surface area contributed by atoms with Crippen LogP contribution < -0.4 is 4.74 Å². The summed E-state index contributed by atoms with van der Waals surface area (Å²) in [7, 11) is 1.54. The van der Waals surface area contributed by atoms with E-state index < -0.39 is 5.92 Å². The van der Waals surface area contributed by atoms with Crippen molar-refractivity contribution in [2.24, 2.45) is 0 Å². The molecule has 0 aliphatic rings. The van der Waals surface area contributed by atoms with E-state index in [1.165, 1.54) is 7.11 Å². The minimum absolute atomic E-state index is 0.613. The molecule has 0 radical (unpaired) electrons. The van der Waals surface area contributed by atoms with E-state index >= 15 is 0 Å². The summed E-state index contributed by atoms with van der Waals surface area (Å²) in [6.45, 7) is 0. The van der Waals surface area contributed by atoms with Crippen molar-refractivity contribution in [2.75, 3.05) is 7.11 Å². The molecule has 0 saturated carbocycles. The van der Waals surface area contributed by atoms with Crippen LogP contribution in [0, 0.1) is 0 Å². The van der Waals surface area contributed by atoms with Gasteiger partial charge in [0.1, 0.15) is 18.3 Å². The van der Waals surface area contributed by atoms with Crippen molar-refractivity contribution in [3.05, 3.63) is 29.8 Å². The Hall–Kier alpha value is -1.64. The summed E-state index contributed by atoms with van der Waals surface area (Å²) in [5, 5.41) is 0. The topological polar surface area (TPSA) is 43.4 Å². The van der Waals surface area contributed by atoms with Crippen molar-refractivity contribution in [3.8, 4) is 5.75 Å². The number of methoxy groups -OCH3 is 1. The maximum Gasteiger partial charge on any atom is 0.134 e. The SMILES string of the molecule is COc1cccc(C(C=O)C=O)c1. The van der Waals surface area contributed by atoms with Crippen LogP contribution in [0.3, 0.4) is 0 Å². The van der Waals surface area contributed by atoms with Gasteiger partial charge in [0.05, 0.1) is 13.0 Å². The lowest BCUT2D eigenvalue weighted by Crippen LogP contribution is -2.01. The molecular weight excluding hydrogens is 168 g/mol. The molecule has 0 atom stereocenters.